The molecule has 0 aliphatic carbocycles. The molecule has 7 heteroatoms. The van der Waals surface area contributed by atoms with Gasteiger partial charge >= 0.3 is 12.1 Å². The molecular weight excluding hydrogens is 215 g/mol. The standard InChI is InChI=1S/C8H14F3NO3/c1-6(2,15)4-12-7(3,5(13)14)8(9,10)11/h12,15H,4H2,1-3H3,(H,13,14). The number of aliphatic carboxylic acids is 1. The van der Waals surface area contributed by atoms with E-state index in [2.05, 4.69) is 0 Å². The first-order valence-electron chi connectivity index (χ1n) is 4.18. The normalized spacial score (nSPS) is 17.3. The molecule has 4 nitrogen and oxygen atoms in total. The second kappa shape index (κ2) is 3.97. The fourth-order valence-corrected chi connectivity index (χ4v) is 0.690. The van der Waals surface area contributed by atoms with Crippen molar-refractivity contribution in [2.75, 3.05) is 6.54 Å². The second-order valence-corrected chi connectivity index (χ2v) is 4.09. The van der Waals surface area contributed by atoms with Crippen molar-refractivity contribution in [1.82, 2.24) is 5.32 Å². The minimum absolute atomic E-state index is 0.477. The van der Waals surface area contributed by atoms with Crippen LogP contribution in [-0.4, -0.2) is 40.0 Å². The zero-order chi connectivity index (χ0) is 12.5. The lowest BCUT2D eigenvalue weighted by molar-refractivity contribution is -0.207. The van der Waals surface area contributed by atoms with Crippen molar-refractivity contribution < 1.29 is 28.2 Å². The van der Waals surface area contributed by atoms with Crippen LogP contribution < -0.4 is 5.32 Å². The fourth-order valence-electron chi connectivity index (χ4n) is 0.690. The van der Waals surface area contributed by atoms with Crippen LogP contribution in [0.4, 0.5) is 13.2 Å². The SMILES string of the molecule is CC(C)(O)CNC(C)(C(=O)O)C(F)(F)F. The molecule has 0 radical (unpaired) electrons. The molecule has 0 aliphatic rings. The molecule has 0 saturated carbocycles. The summed E-state index contributed by atoms with van der Waals surface area (Å²) in [4.78, 5) is 10.5. The number of nitrogens with one attached hydrogen (secondary N) is 1. The van der Waals surface area contributed by atoms with Crippen LogP contribution in [0.25, 0.3) is 0 Å². The Morgan fingerprint density at radius 3 is 1.87 bits per heavy atom. The van der Waals surface area contributed by atoms with Crippen LogP contribution in [0.2, 0.25) is 0 Å². The van der Waals surface area contributed by atoms with Crippen LogP contribution in [0.3, 0.4) is 0 Å². The predicted molar refractivity (Wildman–Crippen MR) is 46.4 cm³/mol. The Hall–Kier alpha value is -0.820. The third kappa shape index (κ3) is 3.67. The summed E-state index contributed by atoms with van der Waals surface area (Å²) in [5.41, 5.74) is -4.46. The highest BCUT2D eigenvalue weighted by Gasteiger charge is 2.57. The molecule has 90 valence electrons. The molecule has 0 aromatic carbocycles. The first-order chi connectivity index (χ1) is 6.40. The average Bonchev–Trinajstić information content (AvgIpc) is 1.95. The van der Waals surface area contributed by atoms with Gasteiger partial charge in [0.05, 0.1) is 5.60 Å². The monoisotopic (exact) mass is 229 g/mol. The molecule has 0 aliphatic heterocycles. The topological polar surface area (TPSA) is 69.6 Å². The van der Waals surface area contributed by atoms with Gasteiger partial charge in [0.25, 0.3) is 0 Å². The van der Waals surface area contributed by atoms with E-state index in [1.54, 1.807) is 5.32 Å². The van der Waals surface area contributed by atoms with Gasteiger partial charge in [-0.15, -0.1) is 0 Å². The molecule has 3 N–H and O–H groups in total. The first-order valence-corrected chi connectivity index (χ1v) is 4.18. The number of β-amino-alcohol motifs (C(OH)–C–C–N with tert-alkyl or cyclic N) is 1. The lowest BCUT2D eigenvalue weighted by Crippen LogP contribution is -2.62. The van der Waals surface area contributed by atoms with Crippen LogP contribution in [0.1, 0.15) is 20.8 Å². The van der Waals surface area contributed by atoms with E-state index in [0.717, 1.165) is 0 Å². The number of rotatable bonds is 4. The second-order valence-electron chi connectivity index (χ2n) is 4.09. The maximum Gasteiger partial charge on any atom is 0.417 e. The third-order valence-electron chi connectivity index (χ3n) is 1.87. The summed E-state index contributed by atoms with van der Waals surface area (Å²) >= 11 is 0. The van der Waals surface area contributed by atoms with Gasteiger partial charge in [-0.1, -0.05) is 0 Å². The Kier molecular flexibility index (Phi) is 3.76. The highest BCUT2D eigenvalue weighted by Crippen LogP contribution is 2.30. The molecule has 0 spiro atoms. The van der Waals surface area contributed by atoms with Crippen LogP contribution in [0.5, 0.6) is 0 Å². The summed E-state index contributed by atoms with van der Waals surface area (Å²) in [6, 6.07) is 0. The van der Waals surface area contributed by atoms with Gasteiger partial charge in [0.2, 0.25) is 5.54 Å². The largest absolute Gasteiger partial charge is 0.480 e. The Morgan fingerprint density at radius 2 is 1.67 bits per heavy atom. The van der Waals surface area contributed by atoms with Crippen LogP contribution in [0.15, 0.2) is 0 Å². The molecule has 0 aromatic heterocycles. The molecule has 0 bridgehead atoms. The van der Waals surface area contributed by atoms with E-state index < -0.39 is 29.8 Å². The minimum Gasteiger partial charge on any atom is -0.480 e. The molecular formula is C8H14F3NO3. The van der Waals surface area contributed by atoms with Crippen molar-refractivity contribution in [1.29, 1.82) is 0 Å². The molecule has 0 aromatic rings. The number of halogens is 3. The quantitative estimate of drug-likeness (QED) is 0.665. The van der Waals surface area contributed by atoms with Crippen LogP contribution >= 0.6 is 0 Å². The fraction of sp³-hybridized carbons (Fsp3) is 0.875. The van der Waals surface area contributed by atoms with Gasteiger partial charge in [-0.25, -0.2) is 4.79 Å². The summed E-state index contributed by atoms with van der Waals surface area (Å²) < 4.78 is 37.2. The summed E-state index contributed by atoms with van der Waals surface area (Å²) in [7, 11) is 0. The number of carbonyl (C=O) groups is 1. The summed E-state index contributed by atoms with van der Waals surface area (Å²) in [6.45, 7) is 2.59. The van der Waals surface area contributed by atoms with Crippen molar-refractivity contribution in [3.63, 3.8) is 0 Å². The summed E-state index contributed by atoms with van der Waals surface area (Å²) in [5.74, 6) is -2.03. The molecule has 15 heavy (non-hydrogen) atoms. The highest BCUT2D eigenvalue weighted by atomic mass is 19.4. The number of alkyl halides is 3. The lowest BCUT2D eigenvalue weighted by atomic mass is 10.00. The third-order valence-corrected chi connectivity index (χ3v) is 1.87. The van der Waals surface area contributed by atoms with Gasteiger partial charge in [0.15, 0.2) is 0 Å². The zero-order valence-electron chi connectivity index (χ0n) is 8.64. The van der Waals surface area contributed by atoms with Crippen LogP contribution in [-0.2, 0) is 4.79 Å². The maximum absolute atomic E-state index is 12.4. The summed E-state index contributed by atoms with van der Waals surface area (Å²) in [5, 5.41) is 19.5. The van der Waals surface area contributed by atoms with E-state index in [1.807, 2.05) is 0 Å². The first kappa shape index (κ1) is 14.2. The van der Waals surface area contributed by atoms with Gasteiger partial charge in [-0.05, 0) is 20.8 Å². The molecule has 0 saturated heterocycles. The molecule has 0 heterocycles. The maximum atomic E-state index is 12.4. The number of carboxylic acids is 1. The van der Waals surface area contributed by atoms with Gasteiger partial charge in [-0.3, -0.25) is 5.32 Å². The van der Waals surface area contributed by atoms with E-state index in [4.69, 9.17) is 5.11 Å². The molecule has 1 unspecified atom stereocenters. The smallest absolute Gasteiger partial charge is 0.417 e. The van der Waals surface area contributed by atoms with Gasteiger partial charge in [0, 0.05) is 6.54 Å². The molecule has 0 fully saturated rings. The average molecular weight is 229 g/mol. The van der Waals surface area contributed by atoms with Gasteiger partial charge in [0.1, 0.15) is 0 Å². The van der Waals surface area contributed by atoms with E-state index in [0.29, 0.717) is 6.92 Å². The van der Waals surface area contributed by atoms with E-state index >= 15 is 0 Å². The van der Waals surface area contributed by atoms with Crippen molar-refractivity contribution in [3.05, 3.63) is 0 Å². The predicted octanol–water partition coefficient (Wildman–Crippen LogP) is 0.752. The summed E-state index contributed by atoms with van der Waals surface area (Å²) in [6.07, 6.45) is -4.93. The Balaban J connectivity index is 4.78. The van der Waals surface area contributed by atoms with Crippen molar-refractivity contribution >= 4 is 5.97 Å². The Labute approximate surface area is 85.1 Å². The molecule has 1 atom stereocenters. The minimum atomic E-state index is -4.93. The number of carboxylic acid groups (broad SMARTS) is 1. The van der Waals surface area contributed by atoms with Crippen molar-refractivity contribution in [2.24, 2.45) is 0 Å². The highest BCUT2D eigenvalue weighted by molar-refractivity contribution is 5.79. The van der Waals surface area contributed by atoms with Crippen molar-refractivity contribution in [2.45, 2.75) is 38.1 Å². The Bertz CT molecular complexity index is 246. The zero-order valence-corrected chi connectivity index (χ0v) is 8.64. The van der Waals surface area contributed by atoms with E-state index in [9.17, 15) is 23.1 Å². The van der Waals surface area contributed by atoms with Crippen LogP contribution in [0, 0.1) is 0 Å². The van der Waals surface area contributed by atoms with Gasteiger partial charge in [-0.2, -0.15) is 13.2 Å². The number of hydrogen-bond acceptors (Lipinski definition) is 3. The Morgan fingerprint density at radius 1 is 1.27 bits per heavy atom. The molecule has 0 rings (SSSR count). The lowest BCUT2D eigenvalue weighted by Gasteiger charge is -2.31. The van der Waals surface area contributed by atoms with E-state index in [1.165, 1.54) is 13.8 Å². The van der Waals surface area contributed by atoms with E-state index in [-0.39, 0.29) is 0 Å². The number of aliphatic hydroxyl groups is 1. The van der Waals surface area contributed by atoms with Crippen molar-refractivity contribution in [3.8, 4) is 0 Å². The molecule has 0 amide bonds. The van der Waals surface area contributed by atoms with Gasteiger partial charge < -0.3 is 10.2 Å². The number of hydrogen-bond donors (Lipinski definition) is 3.